The lowest BCUT2D eigenvalue weighted by Crippen LogP contribution is -2.16. The van der Waals surface area contributed by atoms with E-state index in [-0.39, 0.29) is 0 Å². The highest BCUT2D eigenvalue weighted by Crippen LogP contribution is 2.45. The van der Waals surface area contributed by atoms with E-state index in [0.29, 0.717) is 0 Å². The Morgan fingerprint density at radius 2 is 1.11 bits per heavy atom. The minimum Gasteiger partial charge on any atom is -0.270 e. The minimum absolute atomic E-state index is 1.18. The second-order valence-electron chi connectivity index (χ2n) is 3.61. The molecule has 0 rings (SSSR count). The van der Waals surface area contributed by atoms with Crippen LogP contribution in [0.3, 0.4) is 0 Å². The normalized spacial score (nSPS) is 14.7. The number of hydrogen-bond acceptors (Lipinski definition) is 4. The molecule has 0 saturated heterocycles. The second-order valence-corrected chi connectivity index (χ2v) is 12.6. The van der Waals surface area contributed by atoms with Crippen LogP contribution in [0.1, 0.15) is 13.8 Å². The van der Waals surface area contributed by atoms with Crippen molar-refractivity contribution in [1.82, 2.24) is 9.80 Å². The van der Waals surface area contributed by atoms with Gasteiger partial charge in [0.1, 0.15) is 0 Å². The molecule has 0 aromatic carbocycles. The van der Waals surface area contributed by atoms with Gasteiger partial charge in [0.15, 0.2) is 0 Å². The molecule has 110 valence electrons. The van der Waals surface area contributed by atoms with Crippen LogP contribution >= 0.6 is 63.9 Å². The summed E-state index contributed by atoms with van der Waals surface area (Å²) in [4.78, 5) is 4.43. The van der Waals surface area contributed by atoms with Crippen molar-refractivity contribution in [3.8, 4) is 0 Å². The number of nitrogens with zero attached hydrogens (tertiary/aromatic N) is 2. The van der Waals surface area contributed by atoms with Gasteiger partial charge in [-0.3, -0.25) is 9.80 Å². The molecule has 0 bridgehead atoms. The Morgan fingerprint density at radius 1 is 0.778 bits per heavy atom. The fraction of sp³-hybridized carbons (Fsp3) is 0.800. The van der Waals surface area contributed by atoms with E-state index in [9.17, 15) is 0 Å². The van der Waals surface area contributed by atoms with Crippen LogP contribution < -0.4 is 0 Å². The van der Waals surface area contributed by atoms with E-state index in [1.807, 2.05) is 41.2 Å². The van der Waals surface area contributed by atoms with Crippen LogP contribution in [0.2, 0.25) is 0 Å². The zero-order chi connectivity index (χ0) is 14.0. The third kappa shape index (κ3) is 9.63. The van der Waals surface area contributed by atoms with Gasteiger partial charge in [0, 0.05) is 0 Å². The molecule has 0 radical (unpaired) electrons. The minimum atomic E-state index is 1.18. The Balaban J connectivity index is 4.04. The Bertz CT molecular complexity index is 250. The molecule has 0 spiro atoms. The molecule has 0 N–H and O–H groups in total. The number of thiol groups is 2. The van der Waals surface area contributed by atoms with Crippen LogP contribution in [0.15, 0.2) is 0 Å². The topological polar surface area (TPSA) is 6.48 Å². The maximum atomic E-state index is 2.22. The number of hydrogen-bond donors (Lipinski definition) is 2. The van der Waals surface area contributed by atoms with E-state index in [2.05, 4.69) is 51.8 Å². The molecule has 0 amide bonds. The Kier molecular flexibility index (Phi) is 13.7. The van der Waals surface area contributed by atoms with Crippen molar-refractivity contribution in [3.63, 3.8) is 0 Å². The molecule has 0 fully saturated rings. The van der Waals surface area contributed by atoms with E-state index >= 15 is 0 Å². The summed E-state index contributed by atoms with van der Waals surface area (Å²) in [6.07, 6.45) is 0. The van der Waals surface area contributed by atoms with E-state index in [4.69, 9.17) is 0 Å². The van der Waals surface area contributed by atoms with Gasteiger partial charge in [-0.05, 0) is 80.9 Å². The fourth-order valence-electron chi connectivity index (χ4n) is 0.844. The molecule has 0 aliphatic heterocycles. The summed E-state index contributed by atoms with van der Waals surface area (Å²) in [6.45, 7) is 4.44. The Morgan fingerprint density at radius 3 is 1.33 bits per heavy atom. The van der Waals surface area contributed by atoms with E-state index in [0.717, 1.165) is 0 Å². The summed E-state index contributed by atoms with van der Waals surface area (Å²) in [5, 5.41) is 0. The van der Waals surface area contributed by atoms with Gasteiger partial charge in [0.25, 0.3) is 0 Å². The van der Waals surface area contributed by atoms with E-state index in [1.165, 1.54) is 42.8 Å². The summed E-state index contributed by atoms with van der Waals surface area (Å²) in [6, 6.07) is 0. The Labute approximate surface area is 135 Å². The molecule has 0 heterocycles. The standard InChI is InChI=1S/C10H24N2S6/c1-7-13-9(11(3)4)15-17-18-16-10(12(5)6)14-8-2/h13-14H,7-8H2,1-6H3. The molecule has 0 aromatic rings. The average molecular weight is 365 g/mol. The first-order valence-corrected chi connectivity index (χ1v) is 12.6. The molecule has 18 heavy (non-hydrogen) atoms. The first kappa shape index (κ1) is 19.8. The average Bonchev–Trinajstić information content (AvgIpc) is 2.30. The largest absolute Gasteiger partial charge is 0.270 e. The van der Waals surface area contributed by atoms with Gasteiger partial charge in [-0.15, -0.1) is 0 Å². The predicted molar refractivity (Wildman–Crippen MR) is 107 cm³/mol. The van der Waals surface area contributed by atoms with Crippen molar-refractivity contribution < 1.29 is 0 Å². The third-order valence-corrected chi connectivity index (χ3v) is 11.6. The van der Waals surface area contributed by atoms with E-state index in [1.54, 1.807) is 0 Å². The van der Waals surface area contributed by atoms with Gasteiger partial charge < -0.3 is 0 Å². The lowest BCUT2D eigenvalue weighted by molar-refractivity contribution is 0.648. The first-order chi connectivity index (χ1) is 8.52. The molecule has 0 aliphatic rings. The van der Waals surface area contributed by atoms with Crippen LogP contribution in [0.4, 0.5) is 0 Å². The molecule has 8 heteroatoms. The van der Waals surface area contributed by atoms with Crippen LogP contribution in [-0.2, 0) is 0 Å². The zero-order valence-corrected chi connectivity index (χ0v) is 16.9. The second kappa shape index (κ2) is 12.5. The molecule has 0 aromatic heterocycles. The third-order valence-electron chi connectivity index (χ3n) is 1.60. The van der Waals surface area contributed by atoms with Crippen LogP contribution in [-0.4, -0.2) is 58.1 Å². The molecule has 0 saturated carbocycles. The van der Waals surface area contributed by atoms with Gasteiger partial charge in [0.2, 0.25) is 0 Å². The molecule has 0 aliphatic carbocycles. The molecule has 0 atom stereocenters. The SMILES string of the molecule is CC[SH]=C(SSSSC(=[SH]CC)N(C)C)N(C)C. The van der Waals surface area contributed by atoms with Crippen molar-refractivity contribution in [2.75, 3.05) is 39.7 Å². The van der Waals surface area contributed by atoms with Gasteiger partial charge in [-0.25, -0.2) is 0 Å². The van der Waals surface area contributed by atoms with Crippen molar-refractivity contribution in [2.45, 2.75) is 13.8 Å². The highest BCUT2D eigenvalue weighted by molar-refractivity contribution is 9.29. The van der Waals surface area contributed by atoms with Crippen molar-refractivity contribution in [2.24, 2.45) is 0 Å². The zero-order valence-electron chi connectivity index (χ0n) is 11.8. The molecule has 0 unspecified atom stereocenters. The van der Waals surface area contributed by atoms with Gasteiger partial charge in [-0.2, -0.15) is 22.7 Å². The summed E-state index contributed by atoms with van der Waals surface area (Å²) in [5.41, 5.74) is 0. The van der Waals surface area contributed by atoms with Crippen molar-refractivity contribution in [1.29, 1.82) is 0 Å². The van der Waals surface area contributed by atoms with Crippen molar-refractivity contribution >= 4 is 72.6 Å². The van der Waals surface area contributed by atoms with Gasteiger partial charge >= 0.3 is 0 Å². The van der Waals surface area contributed by atoms with Gasteiger partial charge in [-0.1, -0.05) is 13.8 Å². The van der Waals surface area contributed by atoms with Crippen LogP contribution in [0, 0.1) is 0 Å². The lowest BCUT2D eigenvalue weighted by Gasteiger charge is -2.15. The maximum Gasteiger partial charge on any atom is 0.0841 e. The van der Waals surface area contributed by atoms with Gasteiger partial charge in [0.05, 0.1) is 8.64 Å². The predicted octanol–water partition coefficient (Wildman–Crippen LogP) is 3.93. The highest BCUT2D eigenvalue weighted by Gasteiger charge is 2.05. The van der Waals surface area contributed by atoms with E-state index < -0.39 is 0 Å². The van der Waals surface area contributed by atoms with Crippen LogP contribution in [0.5, 0.6) is 0 Å². The number of rotatable bonds is 5. The Hall–Kier alpha value is 1.76. The first-order valence-electron chi connectivity index (χ1n) is 5.64. The molecular weight excluding hydrogens is 341 g/mol. The maximum absolute atomic E-state index is 2.22. The quantitative estimate of drug-likeness (QED) is 0.328. The summed E-state index contributed by atoms with van der Waals surface area (Å²) >= 11 is 2.83. The van der Waals surface area contributed by atoms with Crippen LogP contribution in [0.25, 0.3) is 0 Å². The fourth-order valence-corrected chi connectivity index (χ4v) is 10.7. The molecule has 2 nitrogen and oxygen atoms in total. The smallest absolute Gasteiger partial charge is 0.0841 e. The summed E-state index contributed by atoms with van der Waals surface area (Å²) in [7, 11) is 16.0. The molecular formula is C10H24N2S6. The monoisotopic (exact) mass is 364 g/mol. The highest BCUT2D eigenvalue weighted by atomic mass is 33.7. The summed E-state index contributed by atoms with van der Waals surface area (Å²) < 4.78 is 2.85. The van der Waals surface area contributed by atoms with Crippen molar-refractivity contribution in [3.05, 3.63) is 0 Å². The lowest BCUT2D eigenvalue weighted by atomic mass is 11.0. The summed E-state index contributed by atoms with van der Waals surface area (Å²) in [5.74, 6) is 2.37.